The van der Waals surface area contributed by atoms with Gasteiger partial charge in [0, 0.05) is 19.6 Å². The molecule has 2 aliphatic rings. The third-order valence-electron chi connectivity index (χ3n) is 4.46. The fraction of sp³-hybridized carbons (Fsp3) is 0.600. The van der Waals surface area contributed by atoms with E-state index in [9.17, 15) is 8.78 Å². The maximum Gasteiger partial charge on any atom is 0.159 e. The predicted molar refractivity (Wildman–Crippen MR) is 70.8 cm³/mol. The van der Waals surface area contributed by atoms with Gasteiger partial charge in [-0.1, -0.05) is 6.07 Å². The maximum absolute atomic E-state index is 13.2. The molecule has 0 saturated carbocycles. The van der Waals surface area contributed by atoms with Gasteiger partial charge in [-0.2, -0.15) is 0 Å². The second kappa shape index (κ2) is 5.17. The predicted octanol–water partition coefficient (Wildman–Crippen LogP) is 2.54. The van der Waals surface area contributed by atoms with Gasteiger partial charge in [-0.3, -0.25) is 4.90 Å². The van der Waals surface area contributed by atoms with Crippen molar-refractivity contribution in [3.05, 3.63) is 35.4 Å². The fourth-order valence-electron chi connectivity index (χ4n) is 3.49. The van der Waals surface area contributed by atoms with Crippen molar-refractivity contribution in [3.63, 3.8) is 0 Å². The number of benzene rings is 1. The highest BCUT2D eigenvalue weighted by Gasteiger charge is 2.37. The Balaban J connectivity index is 1.67. The van der Waals surface area contributed by atoms with Crippen LogP contribution in [0, 0.1) is 17.0 Å². The quantitative estimate of drug-likeness (QED) is 0.885. The Bertz CT molecular complexity index is 455. The molecule has 0 aromatic heterocycles. The van der Waals surface area contributed by atoms with Gasteiger partial charge in [-0.05, 0) is 55.5 Å². The minimum absolute atomic E-state index is 0.414. The molecule has 1 aromatic rings. The van der Waals surface area contributed by atoms with Gasteiger partial charge < -0.3 is 5.32 Å². The average molecular weight is 266 g/mol. The number of nitrogens with zero attached hydrogens (tertiary/aromatic N) is 1. The molecule has 2 heterocycles. The lowest BCUT2D eigenvalue weighted by Gasteiger charge is -2.40. The minimum atomic E-state index is -0.765. The summed E-state index contributed by atoms with van der Waals surface area (Å²) in [6, 6.07) is 4.23. The molecule has 0 amide bonds. The average Bonchev–Trinajstić information content (AvgIpc) is 2.82. The van der Waals surface area contributed by atoms with E-state index in [2.05, 4.69) is 10.2 Å². The Kier molecular flexibility index (Phi) is 3.54. The Labute approximate surface area is 112 Å². The number of hydrogen-bond acceptors (Lipinski definition) is 2. The van der Waals surface area contributed by atoms with Gasteiger partial charge in [-0.25, -0.2) is 8.78 Å². The van der Waals surface area contributed by atoms with Crippen LogP contribution >= 0.6 is 0 Å². The van der Waals surface area contributed by atoms with Crippen LogP contribution in [-0.4, -0.2) is 31.1 Å². The smallest absolute Gasteiger partial charge is 0.159 e. The molecule has 2 aliphatic heterocycles. The lowest BCUT2D eigenvalue weighted by atomic mass is 9.79. The molecule has 3 rings (SSSR count). The SMILES string of the molecule is Fc1ccc(CN2CCC[C@]3(CCNC3)C2)cc1F. The van der Waals surface area contributed by atoms with Crippen molar-refractivity contribution in [3.8, 4) is 0 Å². The van der Waals surface area contributed by atoms with Gasteiger partial charge in [0.25, 0.3) is 0 Å². The summed E-state index contributed by atoms with van der Waals surface area (Å²) < 4.78 is 26.1. The molecule has 1 atom stereocenters. The molecule has 0 aliphatic carbocycles. The van der Waals surface area contributed by atoms with E-state index < -0.39 is 11.6 Å². The van der Waals surface area contributed by atoms with Crippen LogP contribution in [0.4, 0.5) is 8.78 Å². The van der Waals surface area contributed by atoms with Crippen molar-refractivity contribution in [1.82, 2.24) is 10.2 Å². The van der Waals surface area contributed by atoms with Crippen molar-refractivity contribution in [2.75, 3.05) is 26.2 Å². The highest BCUT2D eigenvalue weighted by molar-refractivity contribution is 5.18. The molecule has 1 spiro atoms. The zero-order chi connectivity index (χ0) is 13.3. The molecule has 2 saturated heterocycles. The summed E-state index contributed by atoms with van der Waals surface area (Å²) >= 11 is 0. The molecule has 2 fully saturated rings. The van der Waals surface area contributed by atoms with Crippen molar-refractivity contribution in [2.45, 2.75) is 25.8 Å². The summed E-state index contributed by atoms with van der Waals surface area (Å²) in [4.78, 5) is 2.38. The standard InChI is InChI=1S/C15H20F2N2/c16-13-3-2-12(8-14(13)17)9-19-7-1-4-15(11-19)5-6-18-10-15/h2-3,8,18H,1,4-7,9-11H2/t15-/m1/s1. The molecular weight excluding hydrogens is 246 g/mol. The van der Waals surface area contributed by atoms with Gasteiger partial charge in [0.2, 0.25) is 0 Å². The summed E-state index contributed by atoms with van der Waals surface area (Å²) in [6.07, 6.45) is 3.72. The number of nitrogens with one attached hydrogen (secondary N) is 1. The Hall–Kier alpha value is -1.00. The minimum Gasteiger partial charge on any atom is -0.316 e. The number of rotatable bonds is 2. The summed E-state index contributed by atoms with van der Waals surface area (Å²) in [5, 5.41) is 3.45. The second-order valence-corrected chi connectivity index (χ2v) is 5.99. The van der Waals surface area contributed by atoms with Crippen LogP contribution in [-0.2, 0) is 6.54 Å². The van der Waals surface area contributed by atoms with E-state index in [1.165, 1.54) is 31.4 Å². The van der Waals surface area contributed by atoms with Crippen LogP contribution in [0.3, 0.4) is 0 Å². The summed E-state index contributed by atoms with van der Waals surface area (Å²) in [5.74, 6) is -1.51. The lowest BCUT2D eigenvalue weighted by Crippen LogP contribution is -2.44. The monoisotopic (exact) mass is 266 g/mol. The molecule has 0 bridgehead atoms. The van der Waals surface area contributed by atoms with Crippen LogP contribution < -0.4 is 5.32 Å². The number of piperidine rings is 1. The van der Waals surface area contributed by atoms with Crippen LogP contribution in [0.2, 0.25) is 0 Å². The van der Waals surface area contributed by atoms with Crippen LogP contribution in [0.15, 0.2) is 18.2 Å². The van der Waals surface area contributed by atoms with Crippen molar-refractivity contribution < 1.29 is 8.78 Å². The van der Waals surface area contributed by atoms with Crippen LogP contribution in [0.1, 0.15) is 24.8 Å². The first-order valence-electron chi connectivity index (χ1n) is 7.04. The van der Waals surface area contributed by atoms with Crippen molar-refractivity contribution >= 4 is 0 Å². The summed E-state index contributed by atoms with van der Waals surface area (Å²) in [7, 11) is 0. The van der Waals surface area contributed by atoms with Gasteiger partial charge in [0.15, 0.2) is 11.6 Å². The van der Waals surface area contributed by atoms with Gasteiger partial charge in [0.05, 0.1) is 0 Å². The number of hydrogen-bond donors (Lipinski definition) is 1. The summed E-state index contributed by atoms with van der Waals surface area (Å²) in [6.45, 7) is 5.05. The van der Waals surface area contributed by atoms with E-state index in [1.807, 2.05) is 0 Å². The first kappa shape index (κ1) is 13.0. The topological polar surface area (TPSA) is 15.3 Å². The Morgan fingerprint density at radius 3 is 2.84 bits per heavy atom. The molecule has 0 radical (unpaired) electrons. The van der Waals surface area contributed by atoms with Crippen LogP contribution in [0.5, 0.6) is 0 Å². The Morgan fingerprint density at radius 2 is 2.11 bits per heavy atom. The van der Waals surface area contributed by atoms with Gasteiger partial charge >= 0.3 is 0 Å². The second-order valence-electron chi connectivity index (χ2n) is 5.99. The van der Waals surface area contributed by atoms with E-state index in [0.29, 0.717) is 5.41 Å². The fourth-order valence-corrected chi connectivity index (χ4v) is 3.49. The van der Waals surface area contributed by atoms with E-state index in [0.717, 1.165) is 38.3 Å². The molecular formula is C15H20F2N2. The zero-order valence-electron chi connectivity index (χ0n) is 11.1. The van der Waals surface area contributed by atoms with Crippen molar-refractivity contribution in [1.29, 1.82) is 0 Å². The lowest BCUT2D eigenvalue weighted by molar-refractivity contribution is 0.0977. The van der Waals surface area contributed by atoms with Gasteiger partial charge in [-0.15, -0.1) is 0 Å². The number of halogens is 2. The third kappa shape index (κ3) is 2.79. The van der Waals surface area contributed by atoms with Gasteiger partial charge in [0.1, 0.15) is 0 Å². The molecule has 2 nitrogen and oxygen atoms in total. The molecule has 19 heavy (non-hydrogen) atoms. The highest BCUT2D eigenvalue weighted by Crippen LogP contribution is 2.35. The molecule has 1 aromatic carbocycles. The zero-order valence-corrected chi connectivity index (χ0v) is 11.1. The van der Waals surface area contributed by atoms with Crippen molar-refractivity contribution in [2.24, 2.45) is 5.41 Å². The molecule has 104 valence electrons. The van der Waals surface area contributed by atoms with E-state index in [-0.39, 0.29) is 0 Å². The largest absolute Gasteiger partial charge is 0.316 e. The third-order valence-corrected chi connectivity index (χ3v) is 4.46. The first-order valence-corrected chi connectivity index (χ1v) is 7.04. The molecule has 1 N–H and O–H groups in total. The van der Waals surface area contributed by atoms with E-state index >= 15 is 0 Å². The normalized spacial score (nSPS) is 28.1. The Morgan fingerprint density at radius 1 is 1.21 bits per heavy atom. The maximum atomic E-state index is 13.2. The summed E-state index contributed by atoms with van der Waals surface area (Å²) in [5.41, 5.74) is 1.28. The van der Waals surface area contributed by atoms with Crippen LogP contribution in [0.25, 0.3) is 0 Å². The molecule has 4 heteroatoms. The molecule has 0 unspecified atom stereocenters. The van der Waals surface area contributed by atoms with E-state index in [1.54, 1.807) is 6.07 Å². The number of likely N-dealkylation sites (tertiary alicyclic amines) is 1. The first-order chi connectivity index (χ1) is 9.17. The van der Waals surface area contributed by atoms with E-state index in [4.69, 9.17) is 0 Å². The highest BCUT2D eigenvalue weighted by atomic mass is 19.2.